The molecule has 1 saturated carbocycles. The van der Waals surface area contributed by atoms with E-state index in [0.717, 1.165) is 31.8 Å². The van der Waals surface area contributed by atoms with E-state index in [4.69, 9.17) is 10.8 Å². The number of nitrogens with zero attached hydrogens (tertiary/aromatic N) is 2. The minimum Gasteiger partial charge on any atom is -0.477 e. The Morgan fingerprint density at radius 2 is 2.17 bits per heavy atom. The van der Waals surface area contributed by atoms with Gasteiger partial charge in [-0.3, -0.25) is 4.79 Å². The quantitative estimate of drug-likeness (QED) is 0.564. The molecule has 1 aliphatic heterocycles. The van der Waals surface area contributed by atoms with Crippen LogP contribution in [-0.4, -0.2) is 53.3 Å². The molecule has 1 saturated heterocycles. The van der Waals surface area contributed by atoms with Gasteiger partial charge in [0.1, 0.15) is 11.2 Å². The standard InChI is InChI=1S/C21H28FN5O3/c22-17-7-15-18(28)16(21(29)30)10-25-19(15)26-20(17)27-5-4-14(11-27)24-9-13-3-1-2-12(6-13)8-23/h7,10,12-14,24H,1-6,8-9,11,23H2,(H,29,30)(H,25,26,28). The highest BCUT2D eigenvalue weighted by atomic mass is 19.1. The molecular weight excluding hydrogens is 389 g/mol. The molecule has 2 aromatic rings. The predicted molar refractivity (Wildman–Crippen MR) is 112 cm³/mol. The number of carboxylic acid groups (broad SMARTS) is 1. The zero-order valence-electron chi connectivity index (χ0n) is 16.9. The molecule has 3 unspecified atom stereocenters. The van der Waals surface area contributed by atoms with Gasteiger partial charge in [0.05, 0.1) is 5.39 Å². The monoisotopic (exact) mass is 417 g/mol. The van der Waals surface area contributed by atoms with Crippen molar-refractivity contribution in [3.05, 3.63) is 33.9 Å². The Morgan fingerprint density at radius 3 is 2.93 bits per heavy atom. The van der Waals surface area contributed by atoms with Crippen molar-refractivity contribution in [3.8, 4) is 0 Å². The van der Waals surface area contributed by atoms with Crippen molar-refractivity contribution in [2.75, 3.05) is 31.1 Å². The molecule has 4 rings (SSSR count). The second-order valence-electron chi connectivity index (χ2n) is 8.50. The molecular formula is C21H28FN5O3. The number of nitrogens with one attached hydrogen (secondary N) is 2. The van der Waals surface area contributed by atoms with Gasteiger partial charge < -0.3 is 26.0 Å². The Kier molecular flexibility index (Phi) is 6.01. The number of pyridine rings is 2. The predicted octanol–water partition coefficient (Wildman–Crippen LogP) is 1.69. The highest BCUT2D eigenvalue weighted by Crippen LogP contribution is 2.28. The van der Waals surface area contributed by atoms with Crippen LogP contribution in [0.5, 0.6) is 0 Å². The fourth-order valence-corrected chi connectivity index (χ4v) is 4.75. The van der Waals surface area contributed by atoms with E-state index < -0.39 is 22.8 Å². The van der Waals surface area contributed by atoms with Gasteiger partial charge in [-0.15, -0.1) is 0 Å². The van der Waals surface area contributed by atoms with Gasteiger partial charge in [0, 0.05) is 25.3 Å². The Balaban J connectivity index is 1.43. The van der Waals surface area contributed by atoms with Crippen LogP contribution in [-0.2, 0) is 0 Å². The van der Waals surface area contributed by atoms with Crippen LogP contribution in [0.4, 0.5) is 10.2 Å². The second kappa shape index (κ2) is 8.69. The number of anilines is 1. The number of hydrogen-bond donors (Lipinski definition) is 4. The average molecular weight is 417 g/mol. The molecule has 1 aliphatic carbocycles. The number of nitrogens with two attached hydrogens (primary N) is 1. The molecule has 30 heavy (non-hydrogen) atoms. The van der Waals surface area contributed by atoms with E-state index in [1.165, 1.54) is 25.7 Å². The van der Waals surface area contributed by atoms with Gasteiger partial charge in [-0.05, 0) is 56.7 Å². The minimum absolute atomic E-state index is 0.0585. The van der Waals surface area contributed by atoms with Crippen molar-refractivity contribution in [2.24, 2.45) is 17.6 Å². The Bertz CT molecular complexity index is 995. The summed E-state index contributed by atoms with van der Waals surface area (Å²) in [6.07, 6.45) is 6.86. The lowest BCUT2D eigenvalue weighted by atomic mass is 9.81. The molecule has 0 bridgehead atoms. The molecule has 0 radical (unpaired) electrons. The number of halogens is 1. The first-order valence-electron chi connectivity index (χ1n) is 10.6. The first-order valence-corrected chi connectivity index (χ1v) is 10.6. The number of aromatic carboxylic acids is 1. The third-order valence-corrected chi connectivity index (χ3v) is 6.44. The maximum atomic E-state index is 14.7. The molecule has 2 aliphatic rings. The summed E-state index contributed by atoms with van der Waals surface area (Å²) in [4.78, 5) is 32.2. The van der Waals surface area contributed by atoms with Crippen LogP contribution in [0.1, 0.15) is 42.5 Å². The van der Waals surface area contributed by atoms with Gasteiger partial charge in [-0.1, -0.05) is 6.42 Å². The number of fused-ring (bicyclic) bond motifs is 1. The average Bonchev–Trinajstić information content (AvgIpc) is 3.21. The molecule has 8 nitrogen and oxygen atoms in total. The first kappa shape index (κ1) is 20.7. The van der Waals surface area contributed by atoms with Crippen LogP contribution in [0.2, 0.25) is 0 Å². The normalized spacial score (nSPS) is 24.5. The summed E-state index contributed by atoms with van der Waals surface area (Å²) in [6.45, 7) is 3.02. The highest BCUT2D eigenvalue weighted by Gasteiger charge is 2.28. The molecule has 3 heterocycles. The van der Waals surface area contributed by atoms with Crippen LogP contribution in [0.15, 0.2) is 17.1 Å². The summed E-state index contributed by atoms with van der Waals surface area (Å²) >= 11 is 0. The third-order valence-electron chi connectivity index (χ3n) is 6.44. The fourth-order valence-electron chi connectivity index (χ4n) is 4.75. The lowest BCUT2D eigenvalue weighted by Crippen LogP contribution is -2.38. The van der Waals surface area contributed by atoms with Crippen LogP contribution in [0.3, 0.4) is 0 Å². The summed E-state index contributed by atoms with van der Waals surface area (Å²) in [6, 6.07) is 1.34. The number of H-pyrrole nitrogens is 1. The largest absolute Gasteiger partial charge is 0.477 e. The molecule has 162 valence electrons. The van der Waals surface area contributed by atoms with Crippen molar-refractivity contribution < 1.29 is 14.3 Å². The third kappa shape index (κ3) is 4.17. The van der Waals surface area contributed by atoms with Crippen molar-refractivity contribution >= 4 is 22.8 Å². The van der Waals surface area contributed by atoms with Crippen LogP contribution in [0, 0.1) is 17.7 Å². The van der Waals surface area contributed by atoms with E-state index in [1.54, 1.807) is 0 Å². The second-order valence-corrected chi connectivity index (χ2v) is 8.50. The molecule has 0 aromatic carbocycles. The van der Waals surface area contributed by atoms with Crippen molar-refractivity contribution in [2.45, 2.75) is 38.1 Å². The summed E-state index contributed by atoms with van der Waals surface area (Å²) in [5.74, 6) is -0.511. The number of aromatic nitrogens is 2. The minimum atomic E-state index is -1.35. The number of carbonyl (C=O) groups is 1. The van der Waals surface area contributed by atoms with E-state index in [0.29, 0.717) is 24.9 Å². The molecule has 2 aromatic heterocycles. The van der Waals surface area contributed by atoms with Gasteiger partial charge in [0.2, 0.25) is 5.43 Å². The van der Waals surface area contributed by atoms with Gasteiger partial charge in [-0.25, -0.2) is 14.2 Å². The van der Waals surface area contributed by atoms with Gasteiger partial charge in [-0.2, -0.15) is 0 Å². The topological polar surface area (TPSA) is 124 Å². The maximum Gasteiger partial charge on any atom is 0.341 e. The summed E-state index contributed by atoms with van der Waals surface area (Å²) < 4.78 is 14.7. The van der Waals surface area contributed by atoms with Gasteiger partial charge >= 0.3 is 5.97 Å². The molecule has 2 fully saturated rings. The van der Waals surface area contributed by atoms with E-state index in [1.807, 2.05) is 4.90 Å². The maximum absolute atomic E-state index is 14.7. The first-order chi connectivity index (χ1) is 14.5. The summed E-state index contributed by atoms with van der Waals surface area (Å²) in [5.41, 5.74) is 4.85. The SMILES string of the molecule is NCC1CCCC(CNC2CCN(c3nc4[nH]cc(C(=O)O)c(=O)c4cc3F)C2)C1. The molecule has 3 atom stereocenters. The van der Waals surface area contributed by atoms with E-state index in [-0.39, 0.29) is 22.9 Å². The molecule has 9 heteroatoms. The van der Waals surface area contributed by atoms with Crippen LogP contribution >= 0.6 is 0 Å². The van der Waals surface area contributed by atoms with Crippen molar-refractivity contribution in [1.82, 2.24) is 15.3 Å². The van der Waals surface area contributed by atoms with Crippen molar-refractivity contribution in [3.63, 3.8) is 0 Å². The zero-order valence-corrected chi connectivity index (χ0v) is 16.9. The number of aromatic amines is 1. The highest BCUT2D eigenvalue weighted by molar-refractivity contribution is 5.91. The molecule has 0 spiro atoms. The number of rotatable bonds is 6. The smallest absolute Gasteiger partial charge is 0.341 e. The lowest BCUT2D eigenvalue weighted by Gasteiger charge is -2.29. The Hall–Kier alpha value is -2.52. The summed E-state index contributed by atoms with van der Waals surface area (Å²) in [5, 5.41) is 12.6. The Morgan fingerprint density at radius 1 is 1.37 bits per heavy atom. The molecule has 0 amide bonds. The number of carboxylic acids is 1. The fraction of sp³-hybridized carbons (Fsp3) is 0.571. The van der Waals surface area contributed by atoms with Gasteiger partial charge in [0.25, 0.3) is 0 Å². The van der Waals surface area contributed by atoms with Crippen LogP contribution < -0.4 is 21.4 Å². The lowest BCUT2D eigenvalue weighted by molar-refractivity contribution is 0.0695. The number of hydrogen-bond acceptors (Lipinski definition) is 6. The summed E-state index contributed by atoms with van der Waals surface area (Å²) in [7, 11) is 0. The Labute approximate surface area is 173 Å². The molecule has 5 N–H and O–H groups in total. The van der Waals surface area contributed by atoms with E-state index in [2.05, 4.69) is 15.3 Å². The van der Waals surface area contributed by atoms with Crippen molar-refractivity contribution in [1.29, 1.82) is 0 Å². The zero-order chi connectivity index (χ0) is 21.3. The van der Waals surface area contributed by atoms with E-state index >= 15 is 0 Å². The van der Waals surface area contributed by atoms with Crippen LogP contribution in [0.25, 0.3) is 11.0 Å². The van der Waals surface area contributed by atoms with Gasteiger partial charge in [0.15, 0.2) is 11.6 Å². The van der Waals surface area contributed by atoms with E-state index in [9.17, 15) is 14.0 Å².